The fraction of sp³-hybridized carbons (Fsp3) is 1.00. The van der Waals surface area contributed by atoms with Crippen LogP contribution in [0, 0.1) is 11.8 Å². The Morgan fingerprint density at radius 3 is 2.24 bits per heavy atom. The van der Waals surface area contributed by atoms with E-state index >= 15 is 0 Å². The lowest BCUT2D eigenvalue weighted by molar-refractivity contribution is 0.191. The summed E-state index contributed by atoms with van der Waals surface area (Å²) < 4.78 is 14.0. The van der Waals surface area contributed by atoms with Gasteiger partial charge in [0.1, 0.15) is 6.17 Å². The number of rotatable bonds is 8. The van der Waals surface area contributed by atoms with Crippen LogP contribution in [0.15, 0.2) is 0 Å². The molecule has 1 heterocycles. The summed E-state index contributed by atoms with van der Waals surface area (Å²) >= 11 is 0. The molecule has 17 heavy (non-hydrogen) atoms. The SMILES string of the molecule is CCCCCC(CCCC)[C@@H]1CN(C)C[C@H]1F. The Morgan fingerprint density at radius 2 is 1.71 bits per heavy atom. The van der Waals surface area contributed by atoms with E-state index in [0.29, 0.717) is 18.4 Å². The minimum absolute atomic E-state index is 0.309. The van der Waals surface area contributed by atoms with Crippen molar-refractivity contribution >= 4 is 0 Å². The predicted octanol–water partition coefficient (Wildman–Crippen LogP) is 4.27. The van der Waals surface area contributed by atoms with E-state index in [4.69, 9.17) is 0 Å². The number of halogens is 1. The second-order valence-electron chi connectivity index (χ2n) is 5.80. The highest BCUT2D eigenvalue weighted by atomic mass is 19.1. The highest BCUT2D eigenvalue weighted by molar-refractivity contribution is 4.87. The maximum atomic E-state index is 14.0. The van der Waals surface area contributed by atoms with Gasteiger partial charge in [-0.25, -0.2) is 4.39 Å². The summed E-state index contributed by atoms with van der Waals surface area (Å²) in [6.07, 6.45) is 8.27. The normalized spacial score (nSPS) is 27.5. The smallest absolute Gasteiger partial charge is 0.117 e. The summed E-state index contributed by atoms with van der Waals surface area (Å²) in [4.78, 5) is 2.16. The summed E-state index contributed by atoms with van der Waals surface area (Å²) in [5, 5.41) is 0. The Balaban J connectivity index is 2.43. The minimum atomic E-state index is -0.580. The van der Waals surface area contributed by atoms with E-state index in [2.05, 4.69) is 25.8 Å². The van der Waals surface area contributed by atoms with Crippen LogP contribution in [0.5, 0.6) is 0 Å². The van der Waals surface area contributed by atoms with Gasteiger partial charge in [-0.1, -0.05) is 58.8 Å². The molecule has 1 unspecified atom stereocenters. The Morgan fingerprint density at radius 1 is 1.06 bits per heavy atom. The van der Waals surface area contributed by atoms with Crippen molar-refractivity contribution in [3.63, 3.8) is 0 Å². The molecule has 0 spiro atoms. The van der Waals surface area contributed by atoms with Gasteiger partial charge in [0.2, 0.25) is 0 Å². The van der Waals surface area contributed by atoms with Gasteiger partial charge in [0.05, 0.1) is 0 Å². The molecule has 1 rings (SSSR count). The van der Waals surface area contributed by atoms with E-state index in [9.17, 15) is 4.39 Å². The van der Waals surface area contributed by atoms with Crippen molar-refractivity contribution in [2.45, 2.75) is 65.0 Å². The number of alkyl halides is 1. The van der Waals surface area contributed by atoms with E-state index in [1.807, 2.05) is 0 Å². The van der Waals surface area contributed by atoms with E-state index in [0.717, 1.165) is 6.54 Å². The van der Waals surface area contributed by atoms with Crippen LogP contribution in [0.3, 0.4) is 0 Å². The first kappa shape index (κ1) is 14.9. The van der Waals surface area contributed by atoms with Crippen molar-refractivity contribution in [2.24, 2.45) is 11.8 Å². The first-order chi connectivity index (χ1) is 8.19. The molecule has 1 saturated heterocycles. The van der Waals surface area contributed by atoms with Gasteiger partial charge in [0, 0.05) is 19.0 Å². The molecule has 0 aromatic carbocycles. The van der Waals surface area contributed by atoms with Gasteiger partial charge in [-0.15, -0.1) is 0 Å². The molecule has 0 saturated carbocycles. The molecule has 0 amide bonds. The van der Waals surface area contributed by atoms with Crippen LogP contribution in [-0.2, 0) is 0 Å². The van der Waals surface area contributed by atoms with Crippen molar-refractivity contribution in [1.29, 1.82) is 0 Å². The average molecular weight is 243 g/mol. The van der Waals surface area contributed by atoms with Gasteiger partial charge in [-0.2, -0.15) is 0 Å². The topological polar surface area (TPSA) is 3.24 Å². The molecule has 1 aliphatic heterocycles. The summed E-state index contributed by atoms with van der Waals surface area (Å²) in [6.45, 7) is 6.10. The predicted molar refractivity (Wildman–Crippen MR) is 73.0 cm³/mol. The first-order valence-electron chi connectivity index (χ1n) is 7.51. The van der Waals surface area contributed by atoms with Gasteiger partial charge in [0.15, 0.2) is 0 Å². The highest BCUT2D eigenvalue weighted by Gasteiger charge is 2.35. The summed E-state index contributed by atoms with van der Waals surface area (Å²) in [5.74, 6) is 0.935. The van der Waals surface area contributed by atoms with Crippen molar-refractivity contribution < 1.29 is 4.39 Å². The van der Waals surface area contributed by atoms with Gasteiger partial charge in [-0.05, 0) is 13.0 Å². The molecule has 0 aromatic rings. The zero-order chi connectivity index (χ0) is 12.7. The molecule has 0 radical (unpaired) electrons. The first-order valence-corrected chi connectivity index (χ1v) is 7.51. The highest BCUT2D eigenvalue weighted by Crippen LogP contribution is 2.33. The maximum Gasteiger partial charge on any atom is 0.117 e. The second-order valence-corrected chi connectivity index (χ2v) is 5.80. The van der Waals surface area contributed by atoms with E-state index < -0.39 is 6.17 Å². The Hall–Kier alpha value is -0.110. The van der Waals surface area contributed by atoms with Crippen molar-refractivity contribution in [3.8, 4) is 0 Å². The third kappa shape index (κ3) is 4.95. The van der Waals surface area contributed by atoms with Crippen molar-refractivity contribution in [2.75, 3.05) is 20.1 Å². The molecular formula is C15H30FN. The van der Waals surface area contributed by atoms with Gasteiger partial charge < -0.3 is 4.90 Å². The second kappa shape index (κ2) is 8.07. The fourth-order valence-electron chi connectivity index (χ4n) is 3.12. The van der Waals surface area contributed by atoms with Crippen LogP contribution in [0.4, 0.5) is 4.39 Å². The van der Waals surface area contributed by atoms with Crippen LogP contribution in [0.1, 0.15) is 58.8 Å². The van der Waals surface area contributed by atoms with Crippen LogP contribution in [0.25, 0.3) is 0 Å². The maximum absolute atomic E-state index is 14.0. The monoisotopic (exact) mass is 243 g/mol. The van der Waals surface area contributed by atoms with Crippen LogP contribution < -0.4 is 0 Å². The van der Waals surface area contributed by atoms with Crippen LogP contribution >= 0.6 is 0 Å². The zero-order valence-corrected chi connectivity index (χ0v) is 11.9. The lowest BCUT2D eigenvalue weighted by atomic mass is 9.82. The molecule has 3 atom stereocenters. The molecule has 0 aliphatic carbocycles. The van der Waals surface area contributed by atoms with Gasteiger partial charge in [0.25, 0.3) is 0 Å². The molecule has 1 aliphatic rings. The standard InChI is InChI=1S/C15H30FN/c1-4-6-8-10-13(9-7-5-2)14-11-17(3)12-15(14)16/h13-15H,4-12H2,1-3H3/t13?,14-,15+/m0/s1. The Labute approximate surface area is 107 Å². The minimum Gasteiger partial charge on any atom is -0.303 e. The van der Waals surface area contributed by atoms with E-state index in [1.54, 1.807) is 0 Å². The molecule has 0 bridgehead atoms. The number of likely N-dealkylation sites (tertiary alicyclic amines) is 1. The quantitative estimate of drug-likeness (QED) is 0.575. The molecular weight excluding hydrogens is 213 g/mol. The lowest BCUT2D eigenvalue weighted by Gasteiger charge is -2.24. The van der Waals surface area contributed by atoms with Crippen LogP contribution in [0.2, 0.25) is 0 Å². The summed E-state index contributed by atoms with van der Waals surface area (Å²) in [5.41, 5.74) is 0. The Bertz CT molecular complexity index is 195. The third-order valence-electron chi connectivity index (χ3n) is 4.19. The summed E-state index contributed by atoms with van der Waals surface area (Å²) in [7, 11) is 2.05. The lowest BCUT2D eigenvalue weighted by Crippen LogP contribution is -2.24. The largest absolute Gasteiger partial charge is 0.303 e. The zero-order valence-electron chi connectivity index (χ0n) is 11.9. The van der Waals surface area contributed by atoms with Gasteiger partial charge >= 0.3 is 0 Å². The average Bonchev–Trinajstić information content (AvgIpc) is 2.63. The number of hydrogen-bond donors (Lipinski definition) is 0. The number of unbranched alkanes of at least 4 members (excludes halogenated alkanes) is 3. The molecule has 2 heteroatoms. The molecule has 1 nitrogen and oxygen atoms in total. The molecule has 102 valence electrons. The summed E-state index contributed by atoms with van der Waals surface area (Å²) in [6, 6.07) is 0. The van der Waals surface area contributed by atoms with E-state index in [1.165, 1.54) is 44.9 Å². The molecule has 0 aromatic heterocycles. The van der Waals surface area contributed by atoms with Crippen molar-refractivity contribution in [1.82, 2.24) is 4.90 Å². The number of nitrogens with zero attached hydrogens (tertiary/aromatic N) is 1. The fourth-order valence-corrected chi connectivity index (χ4v) is 3.12. The third-order valence-corrected chi connectivity index (χ3v) is 4.19. The Kier molecular flexibility index (Phi) is 7.10. The van der Waals surface area contributed by atoms with Gasteiger partial charge in [-0.3, -0.25) is 0 Å². The molecule has 0 N–H and O–H groups in total. The van der Waals surface area contributed by atoms with Crippen molar-refractivity contribution in [3.05, 3.63) is 0 Å². The molecule has 1 fully saturated rings. The van der Waals surface area contributed by atoms with Crippen LogP contribution in [-0.4, -0.2) is 31.2 Å². The van der Waals surface area contributed by atoms with E-state index in [-0.39, 0.29) is 0 Å². The number of hydrogen-bond acceptors (Lipinski definition) is 1.